The molecule has 0 rings (SSSR count). The third-order valence-corrected chi connectivity index (χ3v) is 1.54. The number of hydrogen-bond donors (Lipinski definition) is 2. The van der Waals surface area contributed by atoms with E-state index in [-0.39, 0.29) is 31.4 Å². The van der Waals surface area contributed by atoms with Gasteiger partial charge in [0.1, 0.15) is 0 Å². The minimum atomic E-state index is 0. The fourth-order valence-electron chi connectivity index (χ4n) is 0.839. The van der Waals surface area contributed by atoms with Crippen LogP contribution in [0.4, 0.5) is 0 Å². The van der Waals surface area contributed by atoms with E-state index in [1.54, 1.807) is 0 Å². The second-order valence-corrected chi connectivity index (χ2v) is 2.26. The number of likely N-dealkylation sites (N-methyl/N-ethyl adjacent to an activating group) is 2. The molecule has 3 nitrogen and oxygen atoms in total. The number of nitrogens with zero attached hydrogens (tertiary/aromatic N) is 1. The maximum atomic E-state index is 8.61. The van der Waals surface area contributed by atoms with Gasteiger partial charge in [-0.1, -0.05) is 6.92 Å². The van der Waals surface area contributed by atoms with Crippen molar-refractivity contribution in [3.63, 3.8) is 0 Å². The van der Waals surface area contributed by atoms with E-state index in [1.807, 2.05) is 7.05 Å². The van der Waals surface area contributed by atoms with Gasteiger partial charge >= 0.3 is 0 Å². The summed E-state index contributed by atoms with van der Waals surface area (Å²) in [7, 11) is 1.94. The van der Waals surface area contributed by atoms with Crippen LogP contribution in [0.3, 0.4) is 0 Å². The van der Waals surface area contributed by atoms with Crippen LogP contribution >= 0.6 is 24.8 Å². The zero-order valence-corrected chi connectivity index (χ0v) is 9.38. The average Bonchev–Trinajstić information content (AvgIpc) is 1.98. The van der Waals surface area contributed by atoms with Crippen molar-refractivity contribution in [3.05, 3.63) is 0 Å². The molecule has 0 aromatic rings. The van der Waals surface area contributed by atoms with Crippen molar-refractivity contribution < 1.29 is 5.11 Å². The van der Waals surface area contributed by atoms with E-state index in [9.17, 15) is 0 Å². The van der Waals surface area contributed by atoms with Crippen LogP contribution < -0.4 is 5.32 Å². The standard InChI is InChI=1S/C7H18N2O.2ClH/c1-3-9(6-7-10)5-4-8-2;;/h8,10H,3-7H2,1-2H3;2*1H. The lowest BCUT2D eigenvalue weighted by atomic mass is 10.4. The van der Waals surface area contributed by atoms with Crippen molar-refractivity contribution in [1.29, 1.82) is 0 Å². The number of halogens is 2. The maximum Gasteiger partial charge on any atom is 0.0558 e. The highest BCUT2D eigenvalue weighted by atomic mass is 35.5. The molecule has 0 heterocycles. The molecule has 0 atom stereocenters. The zero-order valence-electron chi connectivity index (χ0n) is 7.75. The maximum absolute atomic E-state index is 8.61. The molecule has 78 valence electrons. The van der Waals surface area contributed by atoms with Crippen molar-refractivity contribution in [1.82, 2.24) is 10.2 Å². The SMILES string of the molecule is CCN(CCO)CCNC.Cl.Cl. The predicted octanol–water partition coefficient (Wildman–Crippen LogP) is 0.364. The molecule has 0 saturated heterocycles. The lowest BCUT2D eigenvalue weighted by Crippen LogP contribution is -2.32. The molecule has 0 aromatic carbocycles. The van der Waals surface area contributed by atoms with E-state index in [1.165, 1.54) is 0 Å². The molecule has 5 heteroatoms. The number of aliphatic hydroxyl groups excluding tert-OH is 1. The highest BCUT2D eigenvalue weighted by molar-refractivity contribution is 5.85. The first-order chi connectivity index (χ1) is 4.85. The minimum absolute atomic E-state index is 0. The number of hydrogen-bond acceptors (Lipinski definition) is 3. The molecule has 0 amide bonds. The van der Waals surface area contributed by atoms with Crippen molar-refractivity contribution in [2.24, 2.45) is 0 Å². The van der Waals surface area contributed by atoms with Crippen LogP contribution in [0.1, 0.15) is 6.92 Å². The molecule has 0 bridgehead atoms. The van der Waals surface area contributed by atoms with Crippen LogP contribution in [0, 0.1) is 0 Å². The normalized spacial score (nSPS) is 9.00. The number of rotatable bonds is 6. The fourth-order valence-corrected chi connectivity index (χ4v) is 0.839. The lowest BCUT2D eigenvalue weighted by Gasteiger charge is -2.18. The van der Waals surface area contributed by atoms with Gasteiger partial charge in [-0.15, -0.1) is 24.8 Å². The Morgan fingerprint density at radius 3 is 2.17 bits per heavy atom. The first-order valence-electron chi connectivity index (χ1n) is 3.83. The summed E-state index contributed by atoms with van der Waals surface area (Å²) in [5.41, 5.74) is 0. The van der Waals surface area contributed by atoms with Gasteiger partial charge in [0, 0.05) is 19.6 Å². The van der Waals surface area contributed by atoms with Gasteiger partial charge in [-0.2, -0.15) is 0 Å². The van der Waals surface area contributed by atoms with Gasteiger partial charge in [-0.25, -0.2) is 0 Å². The Labute approximate surface area is 87.3 Å². The molecule has 12 heavy (non-hydrogen) atoms. The predicted molar refractivity (Wildman–Crippen MR) is 57.6 cm³/mol. The summed E-state index contributed by atoms with van der Waals surface area (Å²) < 4.78 is 0. The van der Waals surface area contributed by atoms with E-state index in [0.29, 0.717) is 0 Å². The summed E-state index contributed by atoms with van der Waals surface area (Å²) in [4.78, 5) is 2.20. The van der Waals surface area contributed by atoms with Crippen LogP contribution in [-0.2, 0) is 0 Å². The highest BCUT2D eigenvalue weighted by Gasteiger charge is 1.97. The molecule has 2 N–H and O–H groups in total. The average molecular weight is 219 g/mol. The fraction of sp³-hybridized carbons (Fsp3) is 1.00. The summed E-state index contributed by atoms with van der Waals surface area (Å²) in [6.07, 6.45) is 0. The van der Waals surface area contributed by atoms with Gasteiger partial charge < -0.3 is 15.3 Å². The number of nitrogens with one attached hydrogen (secondary N) is 1. The van der Waals surface area contributed by atoms with Gasteiger partial charge in [-0.3, -0.25) is 0 Å². The topological polar surface area (TPSA) is 35.5 Å². The quantitative estimate of drug-likeness (QED) is 0.677. The van der Waals surface area contributed by atoms with Crippen molar-refractivity contribution in [2.75, 3.05) is 39.8 Å². The van der Waals surface area contributed by atoms with Gasteiger partial charge in [0.15, 0.2) is 0 Å². The van der Waals surface area contributed by atoms with E-state index < -0.39 is 0 Å². The summed E-state index contributed by atoms with van der Waals surface area (Å²) in [6.45, 7) is 6.19. The molecule has 0 aliphatic carbocycles. The third kappa shape index (κ3) is 10.5. The number of aliphatic hydroxyl groups is 1. The first kappa shape index (κ1) is 18.3. The Kier molecular flexibility index (Phi) is 21.3. The minimum Gasteiger partial charge on any atom is -0.395 e. The molecule has 0 aromatic heterocycles. The Morgan fingerprint density at radius 2 is 1.83 bits per heavy atom. The molecule has 0 aliphatic rings. The molecule has 0 spiro atoms. The lowest BCUT2D eigenvalue weighted by molar-refractivity contribution is 0.203. The summed E-state index contributed by atoms with van der Waals surface area (Å²) >= 11 is 0. The largest absolute Gasteiger partial charge is 0.395 e. The van der Waals surface area contributed by atoms with Crippen LogP contribution in [-0.4, -0.2) is 49.8 Å². The monoisotopic (exact) mass is 218 g/mol. The second-order valence-electron chi connectivity index (χ2n) is 2.26. The van der Waals surface area contributed by atoms with Crippen molar-refractivity contribution in [2.45, 2.75) is 6.92 Å². The summed E-state index contributed by atoms with van der Waals surface area (Å²) in [5, 5.41) is 11.7. The van der Waals surface area contributed by atoms with Gasteiger partial charge in [0.2, 0.25) is 0 Å². The molecule has 0 radical (unpaired) electrons. The second kappa shape index (κ2) is 14.0. The van der Waals surface area contributed by atoms with E-state index in [0.717, 1.165) is 26.2 Å². The Morgan fingerprint density at radius 1 is 1.25 bits per heavy atom. The molecular formula is C7H20Cl2N2O. The van der Waals surface area contributed by atoms with Crippen LogP contribution in [0.15, 0.2) is 0 Å². The highest BCUT2D eigenvalue weighted by Crippen LogP contribution is 1.83. The van der Waals surface area contributed by atoms with Crippen LogP contribution in [0.5, 0.6) is 0 Å². The van der Waals surface area contributed by atoms with E-state index in [2.05, 4.69) is 17.1 Å². The summed E-state index contributed by atoms with van der Waals surface area (Å²) in [5.74, 6) is 0. The molecule has 0 unspecified atom stereocenters. The molecule has 0 fully saturated rings. The van der Waals surface area contributed by atoms with Gasteiger partial charge in [-0.05, 0) is 13.6 Å². The van der Waals surface area contributed by atoms with Gasteiger partial charge in [0.25, 0.3) is 0 Å². The van der Waals surface area contributed by atoms with Crippen molar-refractivity contribution >= 4 is 24.8 Å². The Balaban J connectivity index is -0.000000405. The van der Waals surface area contributed by atoms with E-state index in [4.69, 9.17) is 5.11 Å². The molecule has 0 saturated carbocycles. The molecule has 0 aliphatic heterocycles. The van der Waals surface area contributed by atoms with Gasteiger partial charge in [0.05, 0.1) is 6.61 Å². The Hall–Kier alpha value is 0.460. The first-order valence-corrected chi connectivity index (χ1v) is 3.83. The third-order valence-electron chi connectivity index (χ3n) is 1.54. The zero-order chi connectivity index (χ0) is 7.82. The summed E-state index contributed by atoms with van der Waals surface area (Å²) in [6, 6.07) is 0. The molecular weight excluding hydrogens is 199 g/mol. The smallest absolute Gasteiger partial charge is 0.0558 e. The van der Waals surface area contributed by atoms with Crippen LogP contribution in [0.25, 0.3) is 0 Å². The Bertz CT molecular complexity index is 76.4. The van der Waals surface area contributed by atoms with E-state index >= 15 is 0 Å². The van der Waals surface area contributed by atoms with Crippen LogP contribution in [0.2, 0.25) is 0 Å². The van der Waals surface area contributed by atoms with Crippen molar-refractivity contribution in [3.8, 4) is 0 Å².